The van der Waals surface area contributed by atoms with E-state index in [4.69, 9.17) is 19.7 Å². The van der Waals surface area contributed by atoms with E-state index >= 15 is 0 Å². The minimum Gasteiger partial charge on any atom is -0.479 e. The molecule has 2 atom stereocenters. The fourth-order valence-electron chi connectivity index (χ4n) is 5.34. The van der Waals surface area contributed by atoms with Crippen molar-refractivity contribution in [1.82, 2.24) is 19.9 Å². The molecule has 20 heteroatoms. The zero-order valence-corrected chi connectivity index (χ0v) is 37.2. The number of aliphatic carboxylic acids is 2. The van der Waals surface area contributed by atoms with Gasteiger partial charge in [0, 0.05) is 31.4 Å². The average Bonchev–Trinajstić information content (AvgIpc) is 3.68. The van der Waals surface area contributed by atoms with Crippen molar-refractivity contribution in [3.63, 3.8) is 0 Å². The molecule has 0 fully saturated rings. The van der Waals surface area contributed by atoms with Crippen molar-refractivity contribution in [3.05, 3.63) is 95.5 Å². The molecular weight excluding hydrogens is 1030 g/mol. The third-order valence-electron chi connectivity index (χ3n) is 7.76. The van der Waals surface area contributed by atoms with E-state index in [0.717, 1.165) is 29.5 Å². The Labute approximate surface area is 358 Å². The SMILES string of the molecule is CC(C)Cc1nc2ccc(Oc3c(Br)cc(C[C@H](F)C(=O)O)cc3Br)cc2[nH]1.CS(=O)(=O)Nc1nc2ccc(Oc3c(Br)cc(CC(F)C(=O)O)cc3Br)cc2[nH]1. The third-order valence-corrected chi connectivity index (χ3v) is 10.7. The lowest BCUT2D eigenvalue weighted by atomic mass is 10.1. The first-order chi connectivity index (χ1) is 26.7. The molecule has 0 aliphatic heterocycles. The van der Waals surface area contributed by atoms with Gasteiger partial charge in [-0.3, -0.25) is 4.72 Å². The summed E-state index contributed by atoms with van der Waals surface area (Å²) in [6, 6.07) is 17.0. The average molecular weight is 1070 g/mol. The summed E-state index contributed by atoms with van der Waals surface area (Å²) in [5.74, 6) is 0.534. The number of benzene rings is 4. The highest BCUT2D eigenvalue weighted by Gasteiger charge is 2.20. The number of aromatic amines is 2. The van der Waals surface area contributed by atoms with Crippen LogP contribution in [0.5, 0.6) is 23.0 Å². The molecule has 0 saturated carbocycles. The number of hydrogen-bond donors (Lipinski definition) is 5. The maximum atomic E-state index is 13.5. The fraction of sp³-hybridized carbons (Fsp3) is 0.243. The van der Waals surface area contributed by atoms with Crippen LogP contribution < -0.4 is 14.2 Å². The molecule has 0 aliphatic rings. The molecule has 5 N–H and O–H groups in total. The van der Waals surface area contributed by atoms with Gasteiger partial charge in [-0.15, -0.1) is 0 Å². The number of carbonyl (C=O) groups is 2. The van der Waals surface area contributed by atoms with Crippen LogP contribution in [0.15, 0.2) is 78.6 Å². The topological polar surface area (TPSA) is 197 Å². The second kappa shape index (κ2) is 18.6. The summed E-state index contributed by atoms with van der Waals surface area (Å²) in [4.78, 5) is 36.3. The molecule has 6 rings (SSSR count). The van der Waals surface area contributed by atoms with Crippen LogP contribution in [0.2, 0.25) is 0 Å². The van der Waals surface area contributed by atoms with E-state index in [1.54, 1.807) is 42.5 Å². The number of imidazole rings is 2. The molecule has 4 aromatic carbocycles. The number of alkyl halides is 2. The molecular formula is C37H33Br4F2N5O8S. The first kappa shape index (κ1) is 44.0. The van der Waals surface area contributed by atoms with Crippen LogP contribution in [0.1, 0.15) is 30.8 Å². The van der Waals surface area contributed by atoms with Crippen molar-refractivity contribution >= 4 is 114 Å². The largest absolute Gasteiger partial charge is 0.479 e. The van der Waals surface area contributed by atoms with Crippen LogP contribution in [0.3, 0.4) is 0 Å². The van der Waals surface area contributed by atoms with Gasteiger partial charge < -0.3 is 29.7 Å². The number of nitrogens with zero attached hydrogens (tertiary/aromatic N) is 2. The van der Waals surface area contributed by atoms with E-state index in [1.807, 2.05) is 18.2 Å². The Kier molecular flexibility index (Phi) is 14.4. The van der Waals surface area contributed by atoms with E-state index < -0.39 is 34.3 Å². The van der Waals surface area contributed by atoms with Gasteiger partial charge in [0.25, 0.3) is 0 Å². The molecule has 0 spiro atoms. The van der Waals surface area contributed by atoms with E-state index in [9.17, 15) is 26.8 Å². The van der Waals surface area contributed by atoms with E-state index in [0.29, 0.717) is 69.0 Å². The molecule has 302 valence electrons. The molecule has 13 nitrogen and oxygen atoms in total. The van der Waals surface area contributed by atoms with Gasteiger partial charge in [0.05, 0.1) is 46.2 Å². The Hall–Kier alpha value is -4.11. The molecule has 6 aromatic rings. The van der Waals surface area contributed by atoms with Gasteiger partial charge in [0.15, 0.2) is 11.5 Å². The summed E-state index contributed by atoms with van der Waals surface area (Å²) >= 11 is 13.5. The normalized spacial score (nSPS) is 12.6. The van der Waals surface area contributed by atoms with Gasteiger partial charge in [-0.1, -0.05) is 13.8 Å². The summed E-state index contributed by atoms with van der Waals surface area (Å²) in [5.41, 5.74) is 3.88. The van der Waals surface area contributed by atoms with Crippen molar-refractivity contribution in [2.45, 2.75) is 45.5 Å². The zero-order valence-electron chi connectivity index (χ0n) is 30.0. The fourth-order valence-corrected chi connectivity index (χ4v) is 8.68. The van der Waals surface area contributed by atoms with Crippen molar-refractivity contribution in [1.29, 1.82) is 0 Å². The molecule has 0 aliphatic carbocycles. The second-order valence-electron chi connectivity index (χ2n) is 13.1. The highest BCUT2D eigenvalue weighted by Crippen LogP contribution is 2.40. The van der Waals surface area contributed by atoms with Crippen molar-refractivity contribution in [3.8, 4) is 23.0 Å². The molecule has 0 saturated heterocycles. The summed E-state index contributed by atoms with van der Waals surface area (Å²) in [5, 5.41) is 17.4. The third kappa shape index (κ3) is 12.2. The van der Waals surface area contributed by atoms with Crippen molar-refractivity contribution in [2.24, 2.45) is 5.92 Å². The number of fused-ring (bicyclic) bond motifs is 2. The minimum atomic E-state index is -3.46. The molecule has 0 amide bonds. The number of carboxylic acids is 2. The predicted octanol–water partition coefficient (Wildman–Crippen LogP) is 10.3. The Morgan fingerprint density at radius 2 is 1.14 bits per heavy atom. The molecule has 0 bridgehead atoms. The molecule has 0 radical (unpaired) electrons. The maximum absolute atomic E-state index is 13.5. The molecule has 57 heavy (non-hydrogen) atoms. The molecule has 2 heterocycles. The quantitative estimate of drug-likeness (QED) is 0.0700. The maximum Gasteiger partial charge on any atom is 0.338 e. The highest BCUT2D eigenvalue weighted by molar-refractivity contribution is 9.11. The monoisotopic (exact) mass is 1060 g/mol. The summed E-state index contributed by atoms with van der Waals surface area (Å²) in [6.45, 7) is 4.28. The number of hydrogen-bond acceptors (Lipinski definition) is 8. The lowest BCUT2D eigenvalue weighted by molar-refractivity contribution is -0.143. The number of nitrogens with one attached hydrogen (secondary N) is 3. The smallest absolute Gasteiger partial charge is 0.338 e. The van der Waals surface area contributed by atoms with Crippen LogP contribution in [0, 0.1) is 5.92 Å². The van der Waals surface area contributed by atoms with Gasteiger partial charge >= 0.3 is 11.9 Å². The predicted molar refractivity (Wildman–Crippen MR) is 225 cm³/mol. The van der Waals surface area contributed by atoms with Crippen LogP contribution in [-0.2, 0) is 38.9 Å². The lowest BCUT2D eigenvalue weighted by Gasteiger charge is -2.12. The van der Waals surface area contributed by atoms with Gasteiger partial charge in [-0.05, 0) is 129 Å². The molecule has 2 aromatic heterocycles. The van der Waals surface area contributed by atoms with E-state index in [2.05, 4.69) is 102 Å². The van der Waals surface area contributed by atoms with E-state index in [1.165, 1.54) is 0 Å². The number of halogens is 6. The van der Waals surface area contributed by atoms with Gasteiger partial charge in [0.1, 0.15) is 17.3 Å². The Morgan fingerprint density at radius 1 is 0.719 bits per heavy atom. The standard InChI is InChI=1S/C20H19Br2FN2O3.C17H14Br2FN3O5S/c1-10(2)5-18-24-16-4-3-12(9-17(16)25-18)28-19-13(21)6-11(7-14(19)22)8-15(23)20(26)27;1-29(26,27)23-17-21-13-3-2-9(7-14(13)22-17)28-15-10(18)4-8(5-11(15)19)6-12(20)16(24)25/h3-4,6-7,9-10,15H,5,8H2,1-2H3,(H,24,25)(H,26,27);2-5,7,12H,6H2,1H3,(H,24,25)(H2,21,22,23)/t15-;/m0./s1. The number of carboxylic acid groups (broad SMARTS) is 2. The summed E-state index contributed by atoms with van der Waals surface area (Å²) in [6.07, 6.45) is -2.55. The Bertz CT molecular complexity index is 2520. The first-order valence-electron chi connectivity index (χ1n) is 16.8. The van der Waals surface area contributed by atoms with Gasteiger partial charge in [-0.2, -0.15) is 0 Å². The number of aromatic nitrogens is 4. The minimum absolute atomic E-state index is 0.0885. The number of H-pyrrole nitrogens is 2. The van der Waals surface area contributed by atoms with Crippen molar-refractivity contribution < 1.29 is 46.5 Å². The first-order valence-corrected chi connectivity index (χ1v) is 21.8. The Balaban J connectivity index is 0.000000218. The van der Waals surface area contributed by atoms with E-state index in [-0.39, 0.29) is 18.8 Å². The van der Waals surface area contributed by atoms with Crippen molar-refractivity contribution in [2.75, 3.05) is 11.0 Å². The molecule has 1 unspecified atom stereocenters. The van der Waals surface area contributed by atoms with Crippen LogP contribution >= 0.6 is 63.7 Å². The van der Waals surface area contributed by atoms with Gasteiger partial charge in [-0.25, -0.2) is 36.8 Å². The number of ether oxygens (including phenoxy) is 2. The highest BCUT2D eigenvalue weighted by atomic mass is 79.9. The summed E-state index contributed by atoms with van der Waals surface area (Å²) in [7, 11) is -3.46. The lowest BCUT2D eigenvalue weighted by Crippen LogP contribution is -2.17. The number of sulfonamides is 1. The second-order valence-corrected chi connectivity index (χ2v) is 18.3. The number of rotatable bonds is 14. The van der Waals surface area contributed by atoms with Crippen LogP contribution in [0.4, 0.5) is 14.7 Å². The zero-order chi connectivity index (χ0) is 41.8. The summed E-state index contributed by atoms with van der Waals surface area (Å²) < 4.78 is 65.9. The van der Waals surface area contributed by atoms with Crippen LogP contribution in [-0.4, -0.2) is 69.1 Å². The van der Waals surface area contributed by atoms with Gasteiger partial charge in [0.2, 0.25) is 28.3 Å². The van der Waals surface area contributed by atoms with Crippen LogP contribution in [0.25, 0.3) is 22.1 Å². The number of anilines is 1. The Morgan fingerprint density at radius 3 is 1.54 bits per heavy atom.